The molecule has 0 aliphatic rings. The fraction of sp³-hybridized carbons (Fsp3) is 0.583. The molecule has 5 heteroatoms. The number of rotatable bonds is 6. The molecule has 1 heterocycles. The quantitative estimate of drug-likeness (QED) is 0.769. The lowest BCUT2D eigenvalue weighted by Crippen LogP contribution is -2.27. The lowest BCUT2D eigenvalue weighted by molar-refractivity contribution is 0.0941. The molecule has 0 radical (unpaired) electrons. The number of aliphatic hydroxyl groups is 1. The summed E-state index contributed by atoms with van der Waals surface area (Å²) in [5, 5.41) is 12.0. The van der Waals surface area contributed by atoms with Gasteiger partial charge in [-0.3, -0.25) is 4.79 Å². The maximum Gasteiger partial charge on any atom is 0.267 e. The Morgan fingerprint density at radius 1 is 1.53 bits per heavy atom. The van der Waals surface area contributed by atoms with Crippen molar-refractivity contribution in [2.45, 2.75) is 32.7 Å². The molecular formula is C12H19ClN2O2. The standard InChI is InChI=1S/C12H19ClN2O2/c1-9(2)15-8-10(13)7-11(15)12(17)14-5-3-4-6-16/h7-9,16H,3-6H2,1-2H3,(H,14,17). The SMILES string of the molecule is CC(C)n1cc(Cl)cc1C(=O)NCCCCO. The van der Waals surface area contributed by atoms with E-state index in [0.717, 1.165) is 6.42 Å². The van der Waals surface area contributed by atoms with E-state index < -0.39 is 0 Å². The fourth-order valence-electron chi connectivity index (χ4n) is 1.58. The van der Waals surface area contributed by atoms with Crippen LogP contribution in [0.1, 0.15) is 43.2 Å². The third kappa shape index (κ3) is 4.06. The molecule has 0 aliphatic heterocycles. The van der Waals surface area contributed by atoms with Gasteiger partial charge >= 0.3 is 0 Å². The van der Waals surface area contributed by atoms with Crippen LogP contribution >= 0.6 is 11.6 Å². The van der Waals surface area contributed by atoms with Gasteiger partial charge in [-0.1, -0.05) is 11.6 Å². The van der Waals surface area contributed by atoms with Crippen molar-refractivity contribution in [3.8, 4) is 0 Å². The van der Waals surface area contributed by atoms with Gasteiger partial charge in [0.2, 0.25) is 0 Å². The van der Waals surface area contributed by atoms with Crippen molar-refractivity contribution in [2.24, 2.45) is 0 Å². The molecule has 1 amide bonds. The second-order valence-corrected chi connectivity index (χ2v) is 4.67. The number of nitrogens with one attached hydrogen (secondary N) is 1. The number of halogens is 1. The fourth-order valence-corrected chi connectivity index (χ4v) is 1.79. The second-order valence-electron chi connectivity index (χ2n) is 4.23. The summed E-state index contributed by atoms with van der Waals surface area (Å²) in [7, 11) is 0. The first-order valence-corrected chi connectivity index (χ1v) is 6.20. The van der Waals surface area contributed by atoms with Crippen LogP contribution in [0.3, 0.4) is 0 Å². The van der Waals surface area contributed by atoms with Crippen LogP contribution in [0.5, 0.6) is 0 Å². The summed E-state index contributed by atoms with van der Waals surface area (Å²) in [4.78, 5) is 11.9. The van der Waals surface area contributed by atoms with Gasteiger partial charge in [-0.05, 0) is 32.8 Å². The minimum atomic E-state index is -0.122. The van der Waals surface area contributed by atoms with Crippen molar-refractivity contribution in [2.75, 3.05) is 13.2 Å². The summed E-state index contributed by atoms with van der Waals surface area (Å²) in [6, 6.07) is 1.86. The van der Waals surface area contributed by atoms with E-state index in [9.17, 15) is 4.79 Å². The normalized spacial score (nSPS) is 10.9. The van der Waals surface area contributed by atoms with E-state index >= 15 is 0 Å². The van der Waals surface area contributed by atoms with Gasteiger partial charge in [0.1, 0.15) is 5.69 Å². The van der Waals surface area contributed by atoms with Crippen molar-refractivity contribution < 1.29 is 9.90 Å². The van der Waals surface area contributed by atoms with E-state index in [0.29, 0.717) is 23.7 Å². The Hall–Kier alpha value is -1.00. The maximum absolute atomic E-state index is 11.9. The topological polar surface area (TPSA) is 54.3 Å². The van der Waals surface area contributed by atoms with Crippen LogP contribution in [0.2, 0.25) is 5.02 Å². The zero-order chi connectivity index (χ0) is 12.8. The van der Waals surface area contributed by atoms with Gasteiger partial charge in [0, 0.05) is 25.4 Å². The van der Waals surface area contributed by atoms with Crippen LogP contribution in [-0.2, 0) is 0 Å². The van der Waals surface area contributed by atoms with Crippen LogP contribution in [-0.4, -0.2) is 28.7 Å². The molecular weight excluding hydrogens is 240 g/mol. The second kappa shape index (κ2) is 6.67. The van der Waals surface area contributed by atoms with Gasteiger partial charge < -0.3 is 15.0 Å². The van der Waals surface area contributed by atoms with Crippen LogP contribution in [0.4, 0.5) is 0 Å². The van der Waals surface area contributed by atoms with E-state index in [1.54, 1.807) is 12.3 Å². The Kier molecular flexibility index (Phi) is 5.51. The molecule has 0 aliphatic carbocycles. The number of carbonyl (C=O) groups is 1. The molecule has 0 saturated carbocycles. The van der Waals surface area contributed by atoms with E-state index in [1.807, 2.05) is 18.4 Å². The van der Waals surface area contributed by atoms with Gasteiger partial charge in [0.15, 0.2) is 0 Å². The van der Waals surface area contributed by atoms with Crippen LogP contribution < -0.4 is 5.32 Å². The molecule has 0 aromatic carbocycles. The Morgan fingerprint density at radius 2 is 2.24 bits per heavy atom. The smallest absolute Gasteiger partial charge is 0.267 e. The molecule has 2 N–H and O–H groups in total. The van der Waals surface area contributed by atoms with Gasteiger partial charge in [0.25, 0.3) is 5.91 Å². The van der Waals surface area contributed by atoms with Crippen molar-refractivity contribution in [3.05, 3.63) is 23.0 Å². The molecule has 1 aromatic rings. The molecule has 0 saturated heterocycles. The molecule has 1 rings (SSSR count). The number of unbranched alkanes of at least 4 members (excludes halogenated alkanes) is 1. The third-order valence-electron chi connectivity index (χ3n) is 2.47. The van der Waals surface area contributed by atoms with Gasteiger partial charge in [-0.15, -0.1) is 0 Å². The molecule has 0 bridgehead atoms. The maximum atomic E-state index is 11.9. The highest BCUT2D eigenvalue weighted by Gasteiger charge is 2.14. The van der Waals surface area contributed by atoms with Crippen molar-refractivity contribution >= 4 is 17.5 Å². The average Bonchev–Trinajstić information content (AvgIpc) is 2.66. The zero-order valence-electron chi connectivity index (χ0n) is 10.2. The van der Waals surface area contributed by atoms with Crippen molar-refractivity contribution in [1.29, 1.82) is 0 Å². The van der Waals surface area contributed by atoms with Crippen molar-refractivity contribution in [3.63, 3.8) is 0 Å². The third-order valence-corrected chi connectivity index (χ3v) is 2.68. The molecule has 17 heavy (non-hydrogen) atoms. The summed E-state index contributed by atoms with van der Waals surface area (Å²) < 4.78 is 1.85. The van der Waals surface area contributed by atoms with E-state index in [1.165, 1.54) is 0 Å². The lowest BCUT2D eigenvalue weighted by Gasteiger charge is -2.12. The lowest BCUT2D eigenvalue weighted by atomic mass is 10.3. The molecule has 0 spiro atoms. The number of aromatic nitrogens is 1. The first-order chi connectivity index (χ1) is 8.06. The zero-order valence-corrected chi connectivity index (χ0v) is 11.0. The van der Waals surface area contributed by atoms with E-state index in [4.69, 9.17) is 16.7 Å². The Balaban J connectivity index is 2.62. The molecule has 1 aromatic heterocycles. The largest absolute Gasteiger partial charge is 0.396 e. The predicted molar refractivity (Wildman–Crippen MR) is 68.5 cm³/mol. The number of hydrogen-bond donors (Lipinski definition) is 2. The summed E-state index contributed by atoms with van der Waals surface area (Å²) in [6.07, 6.45) is 3.24. The highest BCUT2D eigenvalue weighted by atomic mass is 35.5. The highest BCUT2D eigenvalue weighted by molar-refractivity contribution is 6.31. The van der Waals surface area contributed by atoms with E-state index in [2.05, 4.69) is 5.32 Å². The first kappa shape index (κ1) is 14.1. The molecule has 0 unspecified atom stereocenters. The van der Waals surface area contributed by atoms with E-state index in [-0.39, 0.29) is 18.6 Å². The Labute approximate surface area is 107 Å². The minimum absolute atomic E-state index is 0.122. The van der Waals surface area contributed by atoms with Gasteiger partial charge in [0.05, 0.1) is 5.02 Å². The minimum Gasteiger partial charge on any atom is -0.396 e. The average molecular weight is 259 g/mol. The number of aliphatic hydroxyl groups excluding tert-OH is 1. The summed E-state index contributed by atoms with van der Waals surface area (Å²) in [5.41, 5.74) is 0.578. The predicted octanol–water partition coefficient (Wildman–Crippen LogP) is 2.22. The Morgan fingerprint density at radius 3 is 2.82 bits per heavy atom. The van der Waals surface area contributed by atoms with Crippen LogP contribution in [0.25, 0.3) is 0 Å². The summed E-state index contributed by atoms with van der Waals surface area (Å²) in [6.45, 7) is 4.72. The molecule has 0 fully saturated rings. The molecule has 0 atom stereocenters. The van der Waals surface area contributed by atoms with Crippen LogP contribution in [0.15, 0.2) is 12.3 Å². The van der Waals surface area contributed by atoms with Gasteiger partial charge in [-0.2, -0.15) is 0 Å². The van der Waals surface area contributed by atoms with Crippen LogP contribution in [0, 0.1) is 0 Å². The summed E-state index contributed by atoms with van der Waals surface area (Å²) >= 11 is 5.90. The number of carbonyl (C=O) groups excluding carboxylic acids is 1. The van der Waals surface area contributed by atoms with Crippen molar-refractivity contribution in [1.82, 2.24) is 9.88 Å². The first-order valence-electron chi connectivity index (χ1n) is 5.82. The number of amides is 1. The molecule has 4 nitrogen and oxygen atoms in total. The summed E-state index contributed by atoms with van der Waals surface area (Å²) in [5.74, 6) is -0.122. The van der Waals surface area contributed by atoms with Gasteiger partial charge in [-0.25, -0.2) is 0 Å². The number of hydrogen-bond acceptors (Lipinski definition) is 2. The highest BCUT2D eigenvalue weighted by Crippen LogP contribution is 2.18. The monoisotopic (exact) mass is 258 g/mol. The number of nitrogens with zero attached hydrogens (tertiary/aromatic N) is 1. The molecule has 96 valence electrons. The Bertz CT molecular complexity index is 375.